The molecule has 0 N–H and O–H groups in total. The van der Waals surface area contributed by atoms with E-state index < -0.39 is 0 Å². The van der Waals surface area contributed by atoms with Crippen LogP contribution in [-0.4, -0.2) is 70.6 Å². The van der Waals surface area contributed by atoms with E-state index in [0.29, 0.717) is 6.04 Å². The second kappa shape index (κ2) is 17.5. The molecule has 0 aliphatic carbocycles. The van der Waals surface area contributed by atoms with E-state index in [-0.39, 0.29) is 0 Å². The van der Waals surface area contributed by atoms with Crippen molar-refractivity contribution in [2.75, 3.05) is 19.6 Å². The Kier molecular flexibility index (Phi) is 14.0. The molecule has 3 nitrogen and oxygen atoms in total. The lowest BCUT2D eigenvalue weighted by atomic mass is 9.84. The molecular weight excluding hydrogens is 546 g/mol. The van der Waals surface area contributed by atoms with Gasteiger partial charge in [0, 0.05) is 36.3 Å². The summed E-state index contributed by atoms with van der Waals surface area (Å²) in [7, 11) is 0. The van der Waals surface area contributed by atoms with Crippen molar-refractivity contribution in [3.05, 3.63) is 71.3 Å². The standard InChI is InChI=1S/C17H25N.C14H21N.C11H23N/c1-12(2)18-16-8-9-17(18)11-15(10-16)14-6-4-13(3)5-7-14;1-12(2)15-10-8-14(9-11-15)13-6-4-3-5-7-13;1-9(2)11-7-5-6-8-12(11)10(3)4/h4-7,12,15-17H,8-11H2,1-3H3;3-7,12,14H,8-11H2,1-2H3;9-11H,5-8H2,1-4H3. The molecule has 0 amide bonds. The van der Waals surface area contributed by atoms with Crippen LogP contribution < -0.4 is 0 Å². The van der Waals surface area contributed by atoms with Gasteiger partial charge in [0.25, 0.3) is 0 Å². The fraction of sp³-hybridized carbons (Fsp3) is 0.714. The van der Waals surface area contributed by atoms with Gasteiger partial charge in [-0.25, -0.2) is 0 Å². The summed E-state index contributed by atoms with van der Waals surface area (Å²) >= 11 is 0. The Morgan fingerprint density at radius 1 is 0.556 bits per heavy atom. The first kappa shape index (κ1) is 36.2. The Morgan fingerprint density at radius 2 is 1.13 bits per heavy atom. The number of aryl methyl sites for hydroxylation is 1. The largest absolute Gasteiger partial charge is 0.301 e. The summed E-state index contributed by atoms with van der Waals surface area (Å²) in [5.41, 5.74) is 4.48. The lowest BCUT2D eigenvalue weighted by Crippen LogP contribution is -2.46. The third-order valence-electron chi connectivity index (χ3n) is 11.5. The molecule has 4 heterocycles. The number of fused-ring (bicyclic) bond motifs is 2. The van der Waals surface area contributed by atoms with Gasteiger partial charge < -0.3 is 4.90 Å². The molecule has 0 spiro atoms. The number of nitrogens with zero attached hydrogens (tertiary/aromatic N) is 3. The monoisotopic (exact) mass is 616 g/mol. The summed E-state index contributed by atoms with van der Waals surface area (Å²) in [6.45, 7) is 24.7. The molecule has 252 valence electrons. The van der Waals surface area contributed by atoms with Crippen LogP contribution in [0.15, 0.2) is 54.6 Å². The van der Waals surface area contributed by atoms with E-state index >= 15 is 0 Å². The normalized spacial score (nSPS) is 26.6. The smallest absolute Gasteiger partial charge is 0.0121 e. The summed E-state index contributed by atoms with van der Waals surface area (Å²) < 4.78 is 0. The van der Waals surface area contributed by atoms with Crippen LogP contribution in [0.4, 0.5) is 0 Å². The van der Waals surface area contributed by atoms with Gasteiger partial charge in [-0.2, -0.15) is 0 Å². The molecule has 0 saturated carbocycles. The van der Waals surface area contributed by atoms with Gasteiger partial charge in [0.2, 0.25) is 0 Å². The van der Waals surface area contributed by atoms with Crippen molar-refractivity contribution in [1.82, 2.24) is 14.7 Å². The van der Waals surface area contributed by atoms with Gasteiger partial charge >= 0.3 is 0 Å². The Bertz CT molecular complexity index is 1050. The highest BCUT2D eigenvalue weighted by Crippen LogP contribution is 2.44. The van der Waals surface area contributed by atoms with Gasteiger partial charge in [-0.3, -0.25) is 9.80 Å². The van der Waals surface area contributed by atoms with Crippen LogP contribution in [-0.2, 0) is 0 Å². The van der Waals surface area contributed by atoms with Crippen LogP contribution in [0.3, 0.4) is 0 Å². The number of benzene rings is 2. The maximum Gasteiger partial charge on any atom is 0.0121 e. The zero-order valence-corrected chi connectivity index (χ0v) is 30.7. The molecular formula is C42H69N3. The molecule has 6 rings (SSSR count). The van der Waals surface area contributed by atoms with E-state index in [1.54, 1.807) is 5.56 Å². The first-order valence-electron chi connectivity index (χ1n) is 18.9. The number of hydrogen-bond donors (Lipinski definition) is 0. The Hall–Kier alpha value is -1.68. The van der Waals surface area contributed by atoms with E-state index in [0.717, 1.165) is 48.0 Å². The maximum atomic E-state index is 2.78. The van der Waals surface area contributed by atoms with Crippen molar-refractivity contribution < 1.29 is 0 Å². The molecule has 4 fully saturated rings. The predicted molar refractivity (Wildman–Crippen MR) is 196 cm³/mol. The molecule has 4 aliphatic rings. The van der Waals surface area contributed by atoms with E-state index in [2.05, 4.69) is 132 Å². The van der Waals surface area contributed by atoms with Gasteiger partial charge in [0.1, 0.15) is 0 Å². The molecule has 2 bridgehead atoms. The lowest BCUT2D eigenvalue weighted by molar-refractivity contribution is 0.0808. The third kappa shape index (κ3) is 10.2. The molecule has 4 aliphatic heterocycles. The highest BCUT2D eigenvalue weighted by atomic mass is 15.2. The fourth-order valence-corrected chi connectivity index (χ4v) is 8.98. The van der Waals surface area contributed by atoms with E-state index in [1.165, 1.54) is 88.5 Å². The third-order valence-corrected chi connectivity index (χ3v) is 11.5. The fourth-order valence-electron chi connectivity index (χ4n) is 8.98. The Labute approximate surface area is 279 Å². The number of hydrogen-bond acceptors (Lipinski definition) is 3. The Balaban J connectivity index is 0.000000157. The van der Waals surface area contributed by atoms with Crippen molar-refractivity contribution in [3.63, 3.8) is 0 Å². The second-order valence-electron chi connectivity index (χ2n) is 16.0. The number of piperidine rings is 3. The highest BCUT2D eigenvalue weighted by Gasteiger charge is 2.41. The molecule has 4 saturated heterocycles. The summed E-state index contributed by atoms with van der Waals surface area (Å²) in [6.07, 6.45) is 12.5. The molecule has 3 heteroatoms. The summed E-state index contributed by atoms with van der Waals surface area (Å²) in [6, 6.07) is 24.9. The molecule has 0 radical (unpaired) electrons. The molecule has 0 aromatic heterocycles. The van der Waals surface area contributed by atoms with Gasteiger partial charge in [-0.05, 0) is 148 Å². The summed E-state index contributed by atoms with van der Waals surface area (Å²) in [4.78, 5) is 8.04. The minimum atomic E-state index is 0.710. The van der Waals surface area contributed by atoms with Crippen molar-refractivity contribution in [3.8, 4) is 0 Å². The number of likely N-dealkylation sites (tertiary alicyclic amines) is 2. The zero-order valence-electron chi connectivity index (χ0n) is 30.7. The van der Waals surface area contributed by atoms with Crippen LogP contribution in [0, 0.1) is 12.8 Å². The summed E-state index contributed by atoms with van der Waals surface area (Å²) in [5.74, 6) is 2.42. The van der Waals surface area contributed by atoms with E-state index in [4.69, 9.17) is 0 Å². The van der Waals surface area contributed by atoms with Crippen LogP contribution >= 0.6 is 0 Å². The highest BCUT2D eigenvalue weighted by molar-refractivity contribution is 5.26. The topological polar surface area (TPSA) is 9.72 Å². The van der Waals surface area contributed by atoms with Crippen LogP contribution in [0.1, 0.15) is 142 Å². The average molecular weight is 616 g/mol. The molecule has 3 atom stereocenters. The van der Waals surface area contributed by atoms with Crippen molar-refractivity contribution >= 4 is 0 Å². The minimum absolute atomic E-state index is 0.710. The SMILES string of the molecule is CC(C)C1CCCCN1C(C)C.CC(C)N1CCC(c2ccccc2)CC1.Cc1ccc(C2CC3CCC(C2)N3C(C)C)cc1. The zero-order chi connectivity index (χ0) is 32.5. The minimum Gasteiger partial charge on any atom is -0.301 e. The van der Waals surface area contributed by atoms with E-state index in [9.17, 15) is 0 Å². The molecule has 3 unspecified atom stereocenters. The van der Waals surface area contributed by atoms with Crippen molar-refractivity contribution in [2.24, 2.45) is 5.92 Å². The van der Waals surface area contributed by atoms with Crippen molar-refractivity contribution in [2.45, 2.75) is 168 Å². The van der Waals surface area contributed by atoms with Gasteiger partial charge in [0.15, 0.2) is 0 Å². The summed E-state index contributed by atoms with van der Waals surface area (Å²) in [5, 5.41) is 0. The second-order valence-corrected chi connectivity index (χ2v) is 16.0. The number of rotatable bonds is 6. The lowest BCUT2D eigenvalue weighted by Gasteiger charge is -2.41. The first-order valence-corrected chi connectivity index (χ1v) is 18.9. The van der Waals surface area contributed by atoms with E-state index in [1.807, 2.05) is 0 Å². The quantitative estimate of drug-likeness (QED) is 0.320. The molecule has 2 aromatic carbocycles. The van der Waals surface area contributed by atoms with Gasteiger partial charge in [-0.1, -0.05) is 80.4 Å². The van der Waals surface area contributed by atoms with Crippen LogP contribution in [0.2, 0.25) is 0 Å². The predicted octanol–water partition coefficient (Wildman–Crippen LogP) is 10.3. The van der Waals surface area contributed by atoms with Gasteiger partial charge in [-0.15, -0.1) is 0 Å². The molecule has 45 heavy (non-hydrogen) atoms. The Morgan fingerprint density at radius 3 is 1.62 bits per heavy atom. The first-order chi connectivity index (χ1) is 21.5. The molecule has 2 aromatic rings. The maximum absolute atomic E-state index is 2.78. The van der Waals surface area contributed by atoms with Crippen LogP contribution in [0.25, 0.3) is 0 Å². The van der Waals surface area contributed by atoms with Crippen molar-refractivity contribution in [1.29, 1.82) is 0 Å². The average Bonchev–Trinajstić information content (AvgIpc) is 3.32. The van der Waals surface area contributed by atoms with Crippen LogP contribution in [0.5, 0.6) is 0 Å². The van der Waals surface area contributed by atoms with Gasteiger partial charge in [0.05, 0.1) is 0 Å².